The summed E-state index contributed by atoms with van der Waals surface area (Å²) < 4.78 is 5.07. The van der Waals surface area contributed by atoms with Gasteiger partial charge in [0.15, 0.2) is 0 Å². The molecule has 6 rings (SSSR count). The number of benzene rings is 2. The first kappa shape index (κ1) is 38.9. The van der Waals surface area contributed by atoms with Gasteiger partial charge in [-0.05, 0) is 100 Å². The minimum Gasteiger partial charge on any atom is -0.467 e. The van der Waals surface area contributed by atoms with Crippen LogP contribution >= 0.6 is 11.8 Å². The largest absolute Gasteiger partial charge is 0.467 e. The molecule has 4 fully saturated rings. The van der Waals surface area contributed by atoms with Gasteiger partial charge in [0.1, 0.15) is 18.1 Å². The third kappa shape index (κ3) is 10.0. The number of thioether (sulfide) groups is 1. The lowest BCUT2D eigenvalue weighted by Gasteiger charge is -2.40. The Kier molecular flexibility index (Phi) is 13.9. The molecule has 0 aliphatic carbocycles. The van der Waals surface area contributed by atoms with Gasteiger partial charge < -0.3 is 25.2 Å². The molecule has 4 aliphatic heterocycles. The number of carbonyl (C=O) groups excluding carboxylic acids is 5. The van der Waals surface area contributed by atoms with E-state index in [-0.39, 0.29) is 35.0 Å². The summed E-state index contributed by atoms with van der Waals surface area (Å²) in [6.07, 6.45) is 11.2. The molecule has 0 saturated carbocycles. The Morgan fingerprint density at radius 3 is 1.89 bits per heavy atom. The van der Waals surface area contributed by atoms with Gasteiger partial charge in [-0.2, -0.15) is 0 Å². The molecular formula is C42H56N4O6S. The second kappa shape index (κ2) is 18.9. The highest BCUT2D eigenvalue weighted by Crippen LogP contribution is 2.35. The molecule has 11 heteroatoms. The van der Waals surface area contributed by atoms with Crippen LogP contribution < -0.4 is 10.6 Å². The Bertz CT molecular complexity index is 1560. The summed E-state index contributed by atoms with van der Waals surface area (Å²) in [6.45, 7) is 0.754. The van der Waals surface area contributed by atoms with Crippen LogP contribution in [-0.2, 0) is 41.6 Å². The number of esters is 1. The maximum absolute atomic E-state index is 14.3. The molecule has 2 N–H and O–H groups in total. The number of carbonyl (C=O) groups is 5. The normalized spacial score (nSPS) is 26.1. The molecule has 4 heterocycles. The van der Waals surface area contributed by atoms with E-state index in [1.165, 1.54) is 7.11 Å². The Hall–Kier alpha value is -3.86. The van der Waals surface area contributed by atoms with E-state index in [1.807, 2.05) is 65.6 Å². The number of nitrogens with zero attached hydrogens (tertiary/aromatic N) is 2. The maximum Gasteiger partial charge on any atom is 0.328 e. The monoisotopic (exact) mass is 744 g/mol. The Labute approximate surface area is 318 Å². The predicted octanol–water partition coefficient (Wildman–Crippen LogP) is 5.43. The molecule has 53 heavy (non-hydrogen) atoms. The van der Waals surface area contributed by atoms with Crippen molar-refractivity contribution < 1.29 is 28.7 Å². The van der Waals surface area contributed by atoms with Crippen molar-refractivity contribution in [1.82, 2.24) is 20.4 Å². The third-order valence-electron chi connectivity index (χ3n) is 11.7. The summed E-state index contributed by atoms with van der Waals surface area (Å²) in [4.78, 5) is 72.8. The van der Waals surface area contributed by atoms with Crippen LogP contribution in [0.4, 0.5) is 0 Å². The van der Waals surface area contributed by atoms with Gasteiger partial charge in [0.2, 0.25) is 23.6 Å². The van der Waals surface area contributed by atoms with Gasteiger partial charge in [-0.1, -0.05) is 73.5 Å². The molecule has 0 radical (unpaired) electrons. The molecule has 2 aromatic carbocycles. The van der Waals surface area contributed by atoms with Crippen molar-refractivity contribution in [3.8, 4) is 0 Å². The zero-order valence-electron chi connectivity index (χ0n) is 31.1. The van der Waals surface area contributed by atoms with E-state index >= 15 is 0 Å². The van der Waals surface area contributed by atoms with E-state index in [4.69, 9.17) is 4.74 Å². The zero-order valence-corrected chi connectivity index (χ0v) is 31.9. The highest BCUT2D eigenvalue weighted by Gasteiger charge is 2.44. The average Bonchev–Trinajstić information content (AvgIpc) is 3.34. The number of fused-ring (bicyclic) bond motifs is 2. The van der Waals surface area contributed by atoms with Gasteiger partial charge in [-0.15, -0.1) is 11.8 Å². The van der Waals surface area contributed by atoms with E-state index in [0.717, 1.165) is 69.0 Å². The number of amides is 4. The summed E-state index contributed by atoms with van der Waals surface area (Å²) in [7, 11) is 1.35. The molecule has 4 aliphatic rings. The standard InChI is InChI=1S/C42H56N4O6S/c1-52-42(51)36-20-12-21-37-46(36)41(50)35(24-26-53-37)44-39(48)32(28-30-15-6-3-7-16-30)23-22-31(27-29-13-4-2-5-14-29)38(47)43-34-19-9-8-17-33-18-10-11-25-45(33)40(34)49/h2-7,13-16,31-37H,8-12,17-28H2,1H3,(H,43,47)(H,44,48)/t31-,32-,33+,34+,35+,36+,37+/m1/s1. The number of ether oxygens (including phenoxy) is 1. The van der Waals surface area contributed by atoms with Crippen molar-refractivity contribution in [1.29, 1.82) is 0 Å². The van der Waals surface area contributed by atoms with Crippen LogP contribution in [0.15, 0.2) is 60.7 Å². The minimum absolute atomic E-state index is 0.0409. The summed E-state index contributed by atoms with van der Waals surface area (Å²) >= 11 is 1.66. The summed E-state index contributed by atoms with van der Waals surface area (Å²) in [6, 6.07) is 18.0. The number of hydrogen-bond acceptors (Lipinski definition) is 7. The molecule has 2 aromatic rings. The van der Waals surface area contributed by atoms with Crippen LogP contribution in [0.5, 0.6) is 0 Å². The number of piperidine rings is 2. The van der Waals surface area contributed by atoms with Crippen molar-refractivity contribution in [2.75, 3.05) is 19.4 Å². The van der Waals surface area contributed by atoms with Gasteiger partial charge in [0, 0.05) is 24.4 Å². The first-order chi connectivity index (χ1) is 25.8. The molecule has 7 atom stereocenters. The number of nitrogens with one attached hydrogen (secondary N) is 2. The number of rotatable bonds is 12. The van der Waals surface area contributed by atoms with Crippen LogP contribution in [0.1, 0.15) is 94.6 Å². The predicted molar refractivity (Wildman–Crippen MR) is 206 cm³/mol. The van der Waals surface area contributed by atoms with E-state index in [2.05, 4.69) is 10.6 Å². The van der Waals surface area contributed by atoms with Crippen LogP contribution in [-0.4, -0.2) is 88.3 Å². The molecular weight excluding hydrogens is 689 g/mol. The fourth-order valence-corrected chi connectivity index (χ4v) is 10.1. The molecule has 0 bridgehead atoms. The zero-order chi connectivity index (χ0) is 37.2. The molecule has 10 nitrogen and oxygen atoms in total. The van der Waals surface area contributed by atoms with Gasteiger partial charge in [-0.3, -0.25) is 19.2 Å². The third-order valence-corrected chi connectivity index (χ3v) is 13.0. The Morgan fingerprint density at radius 2 is 1.28 bits per heavy atom. The van der Waals surface area contributed by atoms with Gasteiger partial charge in [0.25, 0.3) is 0 Å². The lowest BCUT2D eigenvalue weighted by Crippen LogP contribution is -2.57. The fourth-order valence-electron chi connectivity index (χ4n) is 8.76. The molecule has 4 saturated heterocycles. The van der Waals surface area contributed by atoms with E-state index in [1.54, 1.807) is 16.7 Å². The van der Waals surface area contributed by atoms with Crippen molar-refractivity contribution in [3.05, 3.63) is 71.8 Å². The average molecular weight is 745 g/mol. The van der Waals surface area contributed by atoms with E-state index in [9.17, 15) is 24.0 Å². The van der Waals surface area contributed by atoms with Gasteiger partial charge in [0.05, 0.1) is 12.5 Å². The lowest BCUT2D eigenvalue weighted by atomic mass is 9.86. The maximum atomic E-state index is 14.3. The first-order valence-electron chi connectivity index (χ1n) is 19.8. The summed E-state index contributed by atoms with van der Waals surface area (Å²) in [5, 5.41) is 6.18. The van der Waals surface area contributed by atoms with Crippen LogP contribution in [0, 0.1) is 11.8 Å². The van der Waals surface area contributed by atoms with Crippen LogP contribution in [0.2, 0.25) is 0 Å². The lowest BCUT2D eigenvalue weighted by molar-refractivity contribution is -0.156. The van der Waals surface area contributed by atoms with Crippen molar-refractivity contribution in [3.63, 3.8) is 0 Å². The van der Waals surface area contributed by atoms with E-state index in [0.29, 0.717) is 50.7 Å². The van der Waals surface area contributed by atoms with Gasteiger partial charge >= 0.3 is 5.97 Å². The number of methoxy groups -OCH3 is 1. The fraction of sp³-hybridized carbons (Fsp3) is 0.595. The van der Waals surface area contributed by atoms with Crippen molar-refractivity contribution >= 4 is 41.4 Å². The van der Waals surface area contributed by atoms with E-state index < -0.39 is 35.9 Å². The first-order valence-corrected chi connectivity index (χ1v) is 20.9. The molecule has 0 aromatic heterocycles. The van der Waals surface area contributed by atoms with Crippen LogP contribution in [0.3, 0.4) is 0 Å². The molecule has 0 unspecified atom stereocenters. The van der Waals surface area contributed by atoms with Crippen molar-refractivity contribution in [2.45, 2.75) is 126 Å². The van der Waals surface area contributed by atoms with Crippen LogP contribution in [0.25, 0.3) is 0 Å². The molecule has 0 spiro atoms. The Balaban J connectivity index is 1.19. The quantitative estimate of drug-likeness (QED) is 0.278. The smallest absolute Gasteiger partial charge is 0.328 e. The molecule has 286 valence electrons. The summed E-state index contributed by atoms with van der Waals surface area (Å²) in [5.74, 6) is -1.26. The SMILES string of the molecule is COC(=O)[C@@H]1CCC[C@@H]2SCC[C@H](NC(=O)[C@H](CC[C@H](Cc3ccccc3)C(=O)N[C@H]3CCCC[C@H]4CCCCN4C3=O)Cc3ccccc3)C(=O)N21. The highest BCUT2D eigenvalue weighted by molar-refractivity contribution is 7.99. The number of hydrogen-bond donors (Lipinski definition) is 2. The Morgan fingerprint density at radius 1 is 0.717 bits per heavy atom. The minimum atomic E-state index is -0.754. The second-order valence-electron chi connectivity index (χ2n) is 15.3. The second-order valence-corrected chi connectivity index (χ2v) is 16.6. The highest BCUT2D eigenvalue weighted by atomic mass is 32.2. The summed E-state index contributed by atoms with van der Waals surface area (Å²) in [5.41, 5.74) is 2.02. The topological polar surface area (TPSA) is 125 Å². The van der Waals surface area contributed by atoms with Crippen molar-refractivity contribution in [2.24, 2.45) is 11.8 Å². The van der Waals surface area contributed by atoms with Gasteiger partial charge in [-0.25, -0.2) is 4.79 Å². The molecule has 4 amide bonds.